The van der Waals surface area contributed by atoms with Crippen molar-refractivity contribution in [3.05, 3.63) is 64.1 Å². The van der Waals surface area contributed by atoms with E-state index < -0.39 is 0 Å². The summed E-state index contributed by atoms with van der Waals surface area (Å²) in [6.07, 6.45) is 5.71. The second-order valence-electron chi connectivity index (χ2n) is 6.29. The number of para-hydroxylation sites is 1. The fourth-order valence-electron chi connectivity index (χ4n) is 4.03. The molecule has 1 heterocycles. The molecule has 3 nitrogen and oxygen atoms in total. The summed E-state index contributed by atoms with van der Waals surface area (Å²) in [5.41, 5.74) is 3.71. The average molecular weight is 386 g/mol. The first-order chi connectivity index (χ1) is 11.7. The Morgan fingerprint density at radius 1 is 1.08 bits per heavy atom. The van der Waals surface area contributed by atoms with Gasteiger partial charge in [0.2, 0.25) is 0 Å². The molecule has 0 unspecified atom stereocenters. The number of benzene rings is 2. The highest BCUT2D eigenvalue weighted by molar-refractivity contribution is 9.10. The molecule has 124 valence electrons. The van der Waals surface area contributed by atoms with E-state index in [1.807, 2.05) is 12.1 Å². The summed E-state index contributed by atoms with van der Waals surface area (Å²) in [4.78, 5) is 0. The minimum Gasteiger partial charge on any atom is -0.493 e. The number of anilines is 1. The zero-order valence-electron chi connectivity index (χ0n) is 13.8. The molecule has 0 aromatic heterocycles. The van der Waals surface area contributed by atoms with Gasteiger partial charge >= 0.3 is 0 Å². The molecule has 1 N–H and O–H groups in total. The number of rotatable bonds is 3. The van der Waals surface area contributed by atoms with E-state index in [4.69, 9.17) is 9.47 Å². The van der Waals surface area contributed by atoms with Crippen molar-refractivity contribution in [2.45, 2.75) is 18.4 Å². The Labute approximate surface area is 150 Å². The van der Waals surface area contributed by atoms with Gasteiger partial charge < -0.3 is 14.8 Å². The van der Waals surface area contributed by atoms with Crippen LogP contribution in [0.4, 0.5) is 5.69 Å². The predicted molar refractivity (Wildman–Crippen MR) is 100 cm³/mol. The van der Waals surface area contributed by atoms with Crippen molar-refractivity contribution >= 4 is 21.6 Å². The molecule has 1 aliphatic carbocycles. The predicted octanol–water partition coefficient (Wildman–Crippen LogP) is 5.29. The molecule has 2 aliphatic rings. The Morgan fingerprint density at radius 2 is 1.96 bits per heavy atom. The summed E-state index contributed by atoms with van der Waals surface area (Å²) in [5, 5.41) is 3.74. The number of allylic oxidation sites excluding steroid dienone is 2. The van der Waals surface area contributed by atoms with Gasteiger partial charge in [0.1, 0.15) is 0 Å². The zero-order valence-corrected chi connectivity index (χ0v) is 15.3. The third-order valence-corrected chi connectivity index (χ3v) is 5.59. The van der Waals surface area contributed by atoms with E-state index in [-0.39, 0.29) is 6.04 Å². The van der Waals surface area contributed by atoms with Gasteiger partial charge in [0, 0.05) is 21.6 Å². The van der Waals surface area contributed by atoms with Gasteiger partial charge in [0.05, 0.1) is 20.3 Å². The van der Waals surface area contributed by atoms with Gasteiger partial charge in [-0.05, 0) is 42.2 Å². The fraction of sp³-hybridized carbons (Fsp3) is 0.300. The lowest BCUT2D eigenvalue weighted by molar-refractivity contribution is 0.341. The second kappa shape index (κ2) is 6.17. The Hall–Kier alpha value is -1.94. The van der Waals surface area contributed by atoms with Crippen molar-refractivity contribution in [3.8, 4) is 11.5 Å². The summed E-state index contributed by atoms with van der Waals surface area (Å²) in [7, 11) is 3.39. The molecular formula is C20H20BrNO2. The smallest absolute Gasteiger partial charge is 0.165 e. The Kier molecular flexibility index (Phi) is 4.01. The van der Waals surface area contributed by atoms with E-state index in [9.17, 15) is 0 Å². The Morgan fingerprint density at radius 3 is 2.75 bits per heavy atom. The van der Waals surface area contributed by atoms with Crippen LogP contribution < -0.4 is 14.8 Å². The topological polar surface area (TPSA) is 30.5 Å². The van der Waals surface area contributed by atoms with Crippen LogP contribution in [0.3, 0.4) is 0 Å². The summed E-state index contributed by atoms with van der Waals surface area (Å²) in [6.45, 7) is 0. The van der Waals surface area contributed by atoms with Gasteiger partial charge in [-0.15, -0.1) is 0 Å². The standard InChI is InChI=1S/C20H20BrNO2/c1-23-18-8-4-7-15(20(18)24-2)19-14-6-3-5-13(14)16-11-12(21)9-10-17(16)22-19/h3-5,7-11,13-14,19,22H,6H2,1-2H3/t13-,14-,19+/m0/s1. The van der Waals surface area contributed by atoms with Crippen LogP contribution in [0.2, 0.25) is 0 Å². The molecular weight excluding hydrogens is 366 g/mol. The van der Waals surface area contributed by atoms with Gasteiger partial charge in [-0.25, -0.2) is 0 Å². The molecule has 0 spiro atoms. The summed E-state index contributed by atoms with van der Waals surface area (Å²) in [5.74, 6) is 2.51. The molecule has 2 aromatic carbocycles. The van der Waals surface area contributed by atoms with Crippen LogP contribution in [0.25, 0.3) is 0 Å². The highest BCUT2D eigenvalue weighted by Gasteiger charge is 2.39. The lowest BCUT2D eigenvalue weighted by Gasteiger charge is -2.38. The van der Waals surface area contributed by atoms with Crippen LogP contribution in [-0.4, -0.2) is 14.2 Å². The molecule has 0 radical (unpaired) electrons. The summed E-state index contributed by atoms with van der Waals surface area (Å²) >= 11 is 3.60. The molecule has 0 saturated heterocycles. The van der Waals surface area contributed by atoms with Crippen molar-refractivity contribution in [1.82, 2.24) is 0 Å². The number of hydrogen-bond donors (Lipinski definition) is 1. The largest absolute Gasteiger partial charge is 0.493 e. The number of hydrogen-bond acceptors (Lipinski definition) is 3. The van der Waals surface area contributed by atoms with E-state index in [1.165, 1.54) is 11.3 Å². The van der Waals surface area contributed by atoms with Crippen molar-refractivity contribution in [2.75, 3.05) is 19.5 Å². The normalized spacial score (nSPS) is 24.0. The van der Waals surface area contributed by atoms with Crippen LogP contribution in [0.1, 0.15) is 29.5 Å². The Bertz CT molecular complexity index is 802. The zero-order chi connectivity index (χ0) is 16.7. The van der Waals surface area contributed by atoms with Gasteiger partial charge in [-0.3, -0.25) is 0 Å². The van der Waals surface area contributed by atoms with Gasteiger partial charge in [0.25, 0.3) is 0 Å². The van der Waals surface area contributed by atoms with E-state index in [0.29, 0.717) is 11.8 Å². The fourth-order valence-corrected chi connectivity index (χ4v) is 4.41. The van der Waals surface area contributed by atoms with E-state index in [1.54, 1.807) is 14.2 Å². The van der Waals surface area contributed by atoms with Crippen LogP contribution in [0.5, 0.6) is 11.5 Å². The minimum absolute atomic E-state index is 0.198. The first-order valence-corrected chi connectivity index (χ1v) is 8.95. The Balaban J connectivity index is 1.82. The summed E-state index contributed by atoms with van der Waals surface area (Å²) < 4.78 is 12.3. The number of ether oxygens (including phenoxy) is 2. The highest BCUT2D eigenvalue weighted by atomic mass is 79.9. The molecule has 0 bridgehead atoms. The number of halogens is 1. The lowest BCUT2D eigenvalue weighted by Crippen LogP contribution is -2.29. The van der Waals surface area contributed by atoms with Gasteiger partial charge in [-0.1, -0.05) is 40.2 Å². The lowest BCUT2D eigenvalue weighted by atomic mass is 9.77. The summed E-state index contributed by atoms with van der Waals surface area (Å²) in [6, 6.07) is 12.8. The molecule has 4 rings (SSSR count). The van der Waals surface area contributed by atoms with E-state index >= 15 is 0 Å². The van der Waals surface area contributed by atoms with Crippen molar-refractivity contribution < 1.29 is 9.47 Å². The quantitative estimate of drug-likeness (QED) is 0.727. The van der Waals surface area contributed by atoms with E-state index in [2.05, 4.69) is 57.7 Å². The molecule has 2 aromatic rings. The maximum absolute atomic E-state index is 5.68. The van der Waals surface area contributed by atoms with Gasteiger partial charge in [-0.2, -0.15) is 0 Å². The first kappa shape index (κ1) is 15.6. The maximum Gasteiger partial charge on any atom is 0.165 e. The molecule has 3 atom stereocenters. The molecule has 0 amide bonds. The SMILES string of the molecule is COc1cccc([C@@H]2Nc3ccc(Br)cc3[C@H]3C=CC[C@@H]32)c1OC. The van der Waals surface area contributed by atoms with E-state index in [0.717, 1.165) is 28.0 Å². The first-order valence-electron chi connectivity index (χ1n) is 8.16. The van der Waals surface area contributed by atoms with Crippen molar-refractivity contribution in [1.29, 1.82) is 0 Å². The third kappa shape index (κ3) is 2.40. The van der Waals surface area contributed by atoms with Crippen LogP contribution in [-0.2, 0) is 0 Å². The van der Waals surface area contributed by atoms with Gasteiger partial charge in [0.15, 0.2) is 11.5 Å². The number of methoxy groups -OCH3 is 2. The van der Waals surface area contributed by atoms with Crippen LogP contribution >= 0.6 is 15.9 Å². The molecule has 0 fully saturated rings. The molecule has 0 saturated carbocycles. The third-order valence-electron chi connectivity index (χ3n) is 5.09. The number of fused-ring (bicyclic) bond motifs is 3. The maximum atomic E-state index is 5.68. The molecule has 24 heavy (non-hydrogen) atoms. The van der Waals surface area contributed by atoms with Crippen LogP contribution in [0, 0.1) is 5.92 Å². The van der Waals surface area contributed by atoms with Crippen LogP contribution in [0.15, 0.2) is 53.0 Å². The van der Waals surface area contributed by atoms with Crippen molar-refractivity contribution in [2.24, 2.45) is 5.92 Å². The number of nitrogens with one attached hydrogen (secondary N) is 1. The molecule has 1 aliphatic heterocycles. The molecule has 4 heteroatoms. The highest BCUT2D eigenvalue weighted by Crippen LogP contribution is 2.52. The minimum atomic E-state index is 0.198. The van der Waals surface area contributed by atoms with Crippen molar-refractivity contribution in [3.63, 3.8) is 0 Å². The second-order valence-corrected chi connectivity index (χ2v) is 7.21. The average Bonchev–Trinajstić information content (AvgIpc) is 3.10. The monoisotopic (exact) mass is 385 g/mol.